The van der Waals surface area contributed by atoms with E-state index in [9.17, 15) is 19.8 Å². The summed E-state index contributed by atoms with van der Waals surface area (Å²) >= 11 is 0. The van der Waals surface area contributed by atoms with E-state index in [1.165, 1.54) is 39.5 Å². The number of rotatable bonds is 6. The second-order valence-electron chi connectivity index (χ2n) is 6.86. The summed E-state index contributed by atoms with van der Waals surface area (Å²) in [6.45, 7) is 13.7. The van der Waals surface area contributed by atoms with Crippen molar-refractivity contribution in [3.63, 3.8) is 0 Å². The van der Waals surface area contributed by atoms with Crippen LogP contribution in [-0.2, 0) is 9.59 Å². The number of carboxylic acids is 2. The Morgan fingerprint density at radius 1 is 0.960 bits per heavy atom. The fraction of sp³-hybridized carbons (Fsp3) is 0.684. The molecule has 0 heterocycles. The Balaban J connectivity index is 0. The zero-order valence-corrected chi connectivity index (χ0v) is 15.9. The zero-order valence-electron chi connectivity index (χ0n) is 15.9. The number of aliphatic carboxylic acids is 2. The predicted octanol–water partition coefficient (Wildman–Crippen LogP) is 3.10. The van der Waals surface area contributed by atoms with E-state index in [2.05, 4.69) is 27.0 Å². The van der Waals surface area contributed by atoms with E-state index >= 15 is 0 Å². The number of hydrogen-bond acceptors (Lipinski definition) is 4. The van der Waals surface area contributed by atoms with Crippen LogP contribution in [0.5, 0.6) is 0 Å². The van der Waals surface area contributed by atoms with Crippen molar-refractivity contribution in [1.29, 1.82) is 0 Å². The monoisotopic (exact) mass is 358 g/mol. The lowest BCUT2D eigenvalue weighted by molar-refractivity contribution is -0.133. The lowest BCUT2D eigenvalue weighted by Crippen LogP contribution is -2.41. The number of aliphatic hydroxyl groups excluding tert-OH is 2. The highest BCUT2D eigenvalue weighted by molar-refractivity contribution is 5.85. The lowest BCUT2D eigenvalue weighted by atomic mass is 9.68. The molecule has 1 rings (SSSR count). The van der Waals surface area contributed by atoms with Gasteiger partial charge in [0.2, 0.25) is 0 Å². The normalized spacial score (nSPS) is 14.0. The summed E-state index contributed by atoms with van der Waals surface area (Å²) in [6, 6.07) is 0. The molecule has 1 aliphatic rings. The summed E-state index contributed by atoms with van der Waals surface area (Å²) in [5, 5.41) is 34.7. The standard InChI is InChI=1S/C11H22O2.2C4H6O2/c1-9(2)11(7-12,8-13)10-5-3-4-6-10;2*1-3(2)4(5)6/h9-10,12-13H,3-8H2,1-2H3;2*1H2,2H3,(H,5,6). The van der Waals surface area contributed by atoms with E-state index in [-0.39, 0.29) is 29.8 Å². The second-order valence-corrected chi connectivity index (χ2v) is 6.86. The molecule has 0 aromatic carbocycles. The molecule has 0 bridgehead atoms. The lowest BCUT2D eigenvalue weighted by Gasteiger charge is -2.39. The molecule has 0 radical (unpaired) electrons. The van der Waals surface area contributed by atoms with Gasteiger partial charge in [-0.2, -0.15) is 0 Å². The smallest absolute Gasteiger partial charge is 0.330 e. The Kier molecular flexibility index (Phi) is 13.0. The molecule has 1 aliphatic carbocycles. The van der Waals surface area contributed by atoms with E-state index in [0.717, 1.165) is 0 Å². The first-order valence-electron chi connectivity index (χ1n) is 8.45. The van der Waals surface area contributed by atoms with Crippen LogP contribution < -0.4 is 0 Å². The summed E-state index contributed by atoms with van der Waals surface area (Å²) in [7, 11) is 0. The Bertz CT molecular complexity index is 395. The molecule has 0 atom stereocenters. The van der Waals surface area contributed by atoms with E-state index in [1.807, 2.05) is 0 Å². The van der Waals surface area contributed by atoms with Gasteiger partial charge in [0.1, 0.15) is 0 Å². The van der Waals surface area contributed by atoms with Crippen LogP contribution in [0.25, 0.3) is 0 Å². The summed E-state index contributed by atoms with van der Waals surface area (Å²) in [5.74, 6) is -0.974. The SMILES string of the molecule is C=C(C)C(=O)O.C=C(C)C(=O)O.CC(C)C(CO)(CO)C1CCCC1. The summed E-state index contributed by atoms with van der Waals surface area (Å²) in [4.78, 5) is 19.2. The van der Waals surface area contributed by atoms with Crippen LogP contribution in [0.2, 0.25) is 0 Å². The average Bonchev–Trinajstić information content (AvgIpc) is 3.04. The van der Waals surface area contributed by atoms with Crippen LogP contribution in [0.4, 0.5) is 0 Å². The van der Waals surface area contributed by atoms with Crippen LogP contribution in [0.15, 0.2) is 24.3 Å². The van der Waals surface area contributed by atoms with E-state index in [0.29, 0.717) is 11.8 Å². The van der Waals surface area contributed by atoms with Crippen molar-refractivity contribution in [2.75, 3.05) is 13.2 Å². The molecule has 0 aromatic heterocycles. The van der Waals surface area contributed by atoms with Gasteiger partial charge in [0.15, 0.2) is 0 Å². The van der Waals surface area contributed by atoms with E-state index in [4.69, 9.17) is 10.2 Å². The Hall–Kier alpha value is -1.66. The third kappa shape index (κ3) is 9.41. The number of aliphatic hydroxyl groups is 2. The quantitative estimate of drug-likeness (QED) is 0.542. The van der Waals surface area contributed by atoms with Gasteiger partial charge in [-0.1, -0.05) is 39.8 Å². The Labute approximate surface area is 150 Å². The van der Waals surface area contributed by atoms with Gasteiger partial charge in [-0.05, 0) is 38.5 Å². The first-order chi connectivity index (χ1) is 11.5. The van der Waals surface area contributed by atoms with Gasteiger partial charge < -0.3 is 20.4 Å². The summed E-state index contributed by atoms with van der Waals surface area (Å²) in [5.41, 5.74) is 0.126. The molecule has 0 aromatic rings. The molecule has 1 saturated carbocycles. The minimum atomic E-state index is -0.935. The average molecular weight is 358 g/mol. The van der Waals surface area contributed by atoms with Gasteiger partial charge in [-0.3, -0.25) is 0 Å². The highest BCUT2D eigenvalue weighted by Gasteiger charge is 2.41. The second kappa shape index (κ2) is 12.7. The van der Waals surface area contributed by atoms with Crippen LogP contribution in [0, 0.1) is 17.3 Å². The molecular formula is C19H34O6. The van der Waals surface area contributed by atoms with E-state index in [1.54, 1.807) is 0 Å². The van der Waals surface area contributed by atoms with Crippen molar-refractivity contribution in [3.8, 4) is 0 Å². The molecule has 146 valence electrons. The molecule has 4 N–H and O–H groups in total. The molecule has 0 unspecified atom stereocenters. The predicted molar refractivity (Wildman–Crippen MR) is 98.3 cm³/mol. The first kappa shape index (κ1) is 25.6. The Morgan fingerprint density at radius 2 is 1.24 bits per heavy atom. The summed E-state index contributed by atoms with van der Waals surface area (Å²) in [6.07, 6.45) is 4.89. The molecule has 0 aliphatic heterocycles. The maximum atomic E-state index is 9.60. The third-order valence-electron chi connectivity index (χ3n) is 4.64. The van der Waals surface area contributed by atoms with Crippen molar-refractivity contribution in [2.24, 2.45) is 17.3 Å². The number of hydrogen-bond donors (Lipinski definition) is 4. The fourth-order valence-electron chi connectivity index (χ4n) is 2.65. The highest BCUT2D eigenvalue weighted by Crippen LogP contribution is 2.44. The molecule has 0 spiro atoms. The minimum absolute atomic E-state index is 0.131. The number of carbonyl (C=O) groups is 2. The third-order valence-corrected chi connectivity index (χ3v) is 4.64. The maximum absolute atomic E-state index is 9.60. The van der Waals surface area contributed by atoms with Crippen LogP contribution in [-0.4, -0.2) is 45.6 Å². The molecular weight excluding hydrogens is 324 g/mol. The minimum Gasteiger partial charge on any atom is -0.478 e. The van der Waals surface area contributed by atoms with Crippen molar-refractivity contribution >= 4 is 11.9 Å². The first-order valence-corrected chi connectivity index (χ1v) is 8.45. The van der Waals surface area contributed by atoms with Gasteiger partial charge in [-0.15, -0.1) is 0 Å². The van der Waals surface area contributed by atoms with E-state index < -0.39 is 11.9 Å². The topological polar surface area (TPSA) is 115 Å². The molecule has 0 amide bonds. The maximum Gasteiger partial charge on any atom is 0.330 e. The van der Waals surface area contributed by atoms with Crippen molar-refractivity contribution in [3.05, 3.63) is 24.3 Å². The van der Waals surface area contributed by atoms with Gasteiger partial charge in [0, 0.05) is 16.6 Å². The van der Waals surface area contributed by atoms with Crippen LogP contribution >= 0.6 is 0 Å². The largest absolute Gasteiger partial charge is 0.478 e. The fourth-order valence-corrected chi connectivity index (χ4v) is 2.65. The number of carboxylic acid groups (broad SMARTS) is 2. The van der Waals surface area contributed by atoms with Gasteiger partial charge in [0.25, 0.3) is 0 Å². The van der Waals surface area contributed by atoms with Crippen molar-refractivity contribution in [2.45, 2.75) is 53.4 Å². The zero-order chi connectivity index (χ0) is 20.2. The van der Waals surface area contributed by atoms with Gasteiger partial charge >= 0.3 is 11.9 Å². The van der Waals surface area contributed by atoms with Crippen LogP contribution in [0.3, 0.4) is 0 Å². The molecule has 25 heavy (non-hydrogen) atoms. The molecule has 6 nitrogen and oxygen atoms in total. The highest BCUT2D eigenvalue weighted by atomic mass is 16.4. The van der Waals surface area contributed by atoms with Crippen LogP contribution in [0.1, 0.15) is 53.4 Å². The Morgan fingerprint density at radius 3 is 1.40 bits per heavy atom. The van der Waals surface area contributed by atoms with Crippen molar-refractivity contribution < 1.29 is 30.0 Å². The molecule has 1 fully saturated rings. The molecule has 6 heteroatoms. The summed E-state index contributed by atoms with van der Waals surface area (Å²) < 4.78 is 0. The van der Waals surface area contributed by atoms with Crippen molar-refractivity contribution in [1.82, 2.24) is 0 Å². The van der Waals surface area contributed by atoms with Gasteiger partial charge in [0.05, 0.1) is 13.2 Å². The van der Waals surface area contributed by atoms with Gasteiger partial charge in [-0.25, -0.2) is 9.59 Å². The molecule has 0 saturated heterocycles.